The van der Waals surface area contributed by atoms with E-state index in [1.165, 1.54) is 0 Å². The molecule has 0 aliphatic carbocycles. The van der Waals surface area contributed by atoms with Crippen LogP contribution >= 0.6 is 0 Å². The summed E-state index contributed by atoms with van der Waals surface area (Å²) in [5.41, 5.74) is 3.72. The number of aromatic nitrogens is 1. The van der Waals surface area contributed by atoms with Crippen LogP contribution in [-0.2, 0) is 9.53 Å². The highest BCUT2D eigenvalue weighted by Gasteiger charge is 2.26. The molecule has 0 radical (unpaired) electrons. The number of rotatable bonds is 4. The quantitative estimate of drug-likeness (QED) is 0.803. The van der Waals surface area contributed by atoms with Crippen molar-refractivity contribution in [2.45, 2.75) is 39.7 Å². The van der Waals surface area contributed by atoms with Crippen LogP contribution in [0.15, 0.2) is 36.4 Å². The second kappa shape index (κ2) is 7.13. The van der Waals surface area contributed by atoms with Gasteiger partial charge in [0.05, 0.1) is 5.56 Å². The van der Waals surface area contributed by atoms with E-state index in [1.807, 2.05) is 26.0 Å². The van der Waals surface area contributed by atoms with Crippen LogP contribution in [0.2, 0.25) is 0 Å². The Morgan fingerprint density at radius 2 is 1.52 bits per heavy atom. The minimum atomic E-state index is -0.751. The smallest absolute Gasteiger partial charge is 0.338 e. The van der Waals surface area contributed by atoms with Crippen LogP contribution in [0.3, 0.4) is 0 Å². The Kier molecular flexibility index (Phi) is 4.93. The van der Waals surface area contributed by atoms with Gasteiger partial charge < -0.3 is 14.2 Å². The van der Waals surface area contributed by atoms with Gasteiger partial charge in [-0.3, -0.25) is 4.79 Å². The second-order valence-electron chi connectivity index (χ2n) is 6.58. The molecule has 1 aromatic carbocycles. The Morgan fingerprint density at radius 3 is 2.08 bits per heavy atom. The van der Waals surface area contributed by atoms with Crippen molar-refractivity contribution in [1.29, 1.82) is 0 Å². The number of nitrogens with zero attached hydrogens (tertiary/aromatic N) is 2. The van der Waals surface area contributed by atoms with E-state index in [2.05, 4.69) is 16.7 Å². The molecule has 0 N–H and O–H groups in total. The van der Waals surface area contributed by atoms with Gasteiger partial charge in [0.1, 0.15) is 0 Å². The molecule has 0 saturated carbocycles. The fourth-order valence-corrected chi connectivity index (χ4v) is 3.30. The monoisotopic (exact) mass is 340 g/mol. The highest BCUT2D eigenvalue weighted by Crippen LogP contribution is 2.18. The zero-order chi connectivity index (χ0) is 18.0. The molecule has 1 atom stereocenters. The Hall–Kier alpha value is -2.56. The largest absolute Gasteiger partial charge is 0.449 e. The summed E-state index contributed by atoms with van der Waals surface area (Å²) in [6.07, 6.45) is 1.29. The van der Waals surface area contributed by atoms with Crippen molar-refractivity contribution in [3.8, 4) is 5.69 Å². The second-order valence-corrected chi connectivity index (χ2v) is 6.58. The van der Waals surface area contributed by atoms with E-state index in [-0.39, 0.29) is 5.91 Å². The lowest BCUT2D eigenvalue weighted by atomic mass is 10.2. The van der Waals surface area contributed by atoms with E-state index in [0.29, 0.717) is 5.56 Å². The van der Waals surface area contributed by atoms with Crippen LogP contribution in [0.4, 0.5) is 0 Å². The van der Waals surface area contributed by atoms with Crippen molar-refractivity contribution in [1.82, 2.24) is 9.47 Å². The summed E-state index contributed by atoms with van der Waals surface area (Å²) in [4.78, 5) is 26.3. The number of ether oxygens (including phenoxy) is 1. The molecule has 2 aromatic rings. The fourth-order valence-electron chi connectivity index (χ4n) is 3.30. The predicted octanol–water partition coefficient (Wildman–Crippen LogP) is 3.26. The average molecular weight is 340 g/mol. The summed E-state index contributed by atoms with van der Waals surface area (Å²) >= 11 is 0. The van der Waals surface area contributed by atoms with Gasteiger partial charge in [-0.15, -0.1) is 0 Å². The zero-order valence-corrected chi connectivity index (χ0v) is 15.0. The molecular formula is C20H24N2O3. The molecule has 1 aromatic heterocycles. The molecule has 5 nitrogen and oxygen atoms in total. The van der Waals surface area contributed by atoms with E-state index in [1.54, 1.807) is 24.0 Å². The number of likely N-dealkylation sites (tertiary alicyclic amines) is 1. The molecule has 3 rings (SSSR count). The van der Waals surface area contributed by atoms with Crippen molar-refractivity contribution < 1.29 is 14.3 Å². The maximum absolute atomic E-state index is 12.3. The molecule has 1 unspecified atom stereocenters. The molecule has 2 heterocycles. The molecule has 1 aliphatic rings. The summed E-state index contributed by atoms with van der Waals surface area (Å²) in [5.74, 6) is -0.575. The van der Waals surface area contributed by atoms with Crippen molar-refractivity contribution in [3.63, 3.8) is 0 Å². The maximum Gasteiger partial charge on any atom is 0.338 e. The zero-order valence-electron chi connectivity index (χ0n) is 15.0. The molecular weight excluding hydrogens is 316 g/mol. The number of carbonyl (C=O) groups is 2. The van der Waals surface area contributed by atoms with E-state index in [4.69, 9.17) is 4.74 Å². The number of carbonyl (C=O) groups excluding carboxylic acids is 2. The molecule has 5 heteroatoms. The van der Waals surface area contributed by atoms with Gasteiger partial charge in [-0.05, 0) is 70.0 Å². The summed E-state index contributed by atoms with van der Waals surface area (Å²) in [6, 6.07) is 11.4. The molecule has 1 fully saturated rings. The van der Waals surface area contributed by atoms with Crippen molar-refractivity contribution in [2.75, 3.05) is 13.1 Å². The first-order chi connectivity index (χ1) is 12.0. The lowest BCUT2D eigenvalue weighted by Gasteiger charge is -2.20. The highest BCUT2D eigenvalue weighted by atomic mass is 16.5. The molecule has 132 valence electrons. The first-order valence-electron chi connectivity index (χ1n) is 8.72. The topological polar surface area (TPSA) is 51.5 Å². The third-order valence-corrected chi connectivity index (χ3v) is 4.68. The molecule has 0 bridgehead atoms. The third kappa shape index (κ3) is 3.60. The SMILES string of the molecule is Cc1ccc(C)n1-c1ccc(C(=O)OC(C)C(=O)N2CCCC2)cc1. The average Bonchev–Trinajstić information content (AvgIpc) is 3.24. The summed E-state index contributed by atoms with van der Waals surface area (Å²) in [7, 11) is 0. The Bertz CT molecular complexity index is 751. The summed E-state index contributed by atoms with van der Waals surface area (Å²) in [6.45, 7) is 7.23. The Labute approximate surface area is 148 Å². The fraction of sp³-hybridized carbons (Fsp3) is 0.400. The summed E-state index contributed by atoms with van der Waals surface area (Å²) in [5, 5.41) is 0. The van der Waals surface area contributed by atoms with E-state index < -0.39 is 12.1 Å². The van der Waals surface area contributed by atoms with Crippen LogP contribution in [0.5, 0.6) is 0 Å². The van der Waals surface area contributed by atoms with E-state index in [0.717, 1.165) is 43.0 Å². The van der Waals surface area contributed by atoms with Crippen LogP contribution in [0.1, 0.15) is 41.5 Å². The van der Waals surface area contributed by atoms with Crippen LogP contribution in [0.25, 0.3) is 5.69 Å². The van der Waals surface area contributed by atoms with Gasteiger partial charge >= 0.3 is 5.97 Å². The standard InChI is InChI=1S/C20H24N2O3/c1-14-6-7-15(2)22(14)18-10-8-17(9-11-18)20(24)25-16(3)19(23)21-12-4-5-13-21/h6-11,16H,4-5,12-13H2,1-3H3. The number of hydrogen-bond donors (Lipinski definition) is 0. The van der Waals surface area contributed by atoms with Gasteiger partial charge in [-0.25, -0.2) is 4.79 Å². The molecule has 1 amide bonds. The minimum absolute atomic E-state index is 0.110. The highest BCUT2D eigenvalue weighted by molar-refractivity contribution is 5.92. The van der Waals surface area contributed by atoms with Gasteiger partial charge in [0, 0.05) is 30.2 Å². The maximum atomic E-state index is 12.3. The number of esters is 1. The summed E-state index contributed by atoms with van der Waals surface area (Å²) < 4.78 is 7.47. The Morgan fingerprint density at radius 1 is 0.960 bits per heavy atom. The predicted molar refractivity (Wildman–Crippen MR) is 95.9 cm³/mol. The van der Waals surface area contributed by atoms with E-state index in [9.17, 15) is 9.59 Å². The first-order valence-corrected chi connectivity index (χ1v) is 8.72. The molecule has 0 spiro atoms. The van der Waals surface area contributed by atoms with Crippen LogP contribution < -0.4 is 0 Å². The first kappa shape index (κ1) is 17.3. The normalized spacial score (nSPS) is 15.2. The molecule has 25 heavy (non-hydrogen) atoms. The van der Waals surface area contributed by atoms with Crippen molar-refractivity contribution in [2.24, 2.45) is 0 Å². The van der Waals surface area contributed by atoms with Gasteiger partial charge in [0.25, 0.3) is 5.91 Å². The third-order valence-electron chi connectivity index (χ3n) is 4.68. The number of amides is 1. The van der Waals surface area contributed by atoms with Crippen molar-refractivity contribution in [3.05, 3.63) is 53.3 Å². The number of hydrogen-bond acceptors (Lipinski definition) is 3. The van der Waals surface area contributed by atoms with Crippen LogP contribution in [0, 0.1) is 13.8 Å². The minimum Gasteiger partial charge on any atom is -0.449 e. The molecule has 1 aliphatic heterocycles. The van der Waals surface area contributed by atoms with Gasteiger partial charge in [-0.1, -0.05) is 0 Å². The van der Waals surface area contributed by atoms with Gasteiger partial charge in [-0.2, -0.15) is 0 Å². The lowest BCUT2D eigenvalue weighted by Crippen LogP contribution is -2.38. The van der Waals surface area contributed by atoms with Gasteiger partial charge in [0.15, 0.2) is 6.10 Å². The van der Waals surface area contributed by atoms with Crippen LogP contribution in [-0.4, -0.2) is 40.5 Å². The number of benzene rings is 1. The number of aryl methyl sites for hydroxylation is 2. The Balaban J connectivity index is 1.67. The van der Waals surface area contributed by atoms with Gasteiger partial charge in [0.2, 0.25) is 0 Å². The lowest BCUT2D eigenvalue weighted by molar-refractivity contribution is -0.138. The van der Waals surface area contributed by atoms with E-state index >= 15 is 0 Å². The van der Waals surface area contributed by atoms with Crippen molar-refractivity contribution >= 4 is 11.9 Å². The molecule has 1 saturated heterocycles.